The first-order valence-electron chi connectivity index (χ1n) is 26.0. The summed E-state index contributed by atoms with van der Waals surface area (Å²) in [5.41, 5.74) is 0. The number of aliphatic hydroxyl groups excluding tert-OH is 3. The van der Waals surface area contributed by atoms with Crippen LogP contribution in [0.2, 0.25) is 0 Å². The van der Waals surface area contributed by atoms with Gasteiger partial charge in [0, 0.05) is 6.42 Å². The first-order valence-corrected chi connectivity index (χ1v) is 26.0. The van der Waals surface area contributed by atoms with Gasteiger partial charge in [-0.25, -0.2) is 0 Å². The predicted octanol–water partition coefficient (Wildman–Crippen LogP) is 15.6. The minimum atomic E-state index is -1.13. The Kier molecular flexibility index (Phi) is 47.0. The van der Waals surface area contributed by atoms with E-state index < -0.39 is 18.2 Å². The molecule has 340 valence electrons. The van der Waals surface area contributed by atoms with Crippen LogP contribution in [0.15, 0.2) is 12.2 Å². The topological polar surface area (TPSA) is 89.8 Å². The summed E-state index contributed by atoms with van der Waals surface area (Å²) in [7, 11) is 0. The van der Waals surface area contributed by atoms with E-state index in [0.717, 1.165) is 38.5 Å². The molecule has 57 heavy (non-hydrogen) atoms. The van der Waals surface area contributed by atoms with Gasteiger partial charge in [-0.15, -0.1) is 0 Å². The Morgan fingerprint density at radius 3 is 1.02 bits per heavy atom. The van der Waals surface area contributed by atoms with Gasteiger partial charge in [-0.3, -0.25) is 4.79 Å². The lowest BCUT2D eigenvalue weighted by Crippen LogP contribution is -2.50. The van der Waals surface area contributed by atoms with Crippen LogP contribution in [-0.2, 0) is 4.79 Å². The number of unbranched alkanes of at least 4 members (excludes halogenated alkanes) is 38. The van der Waals surface area contributed by atoms with Crippen molar-refractivity contribution in [3.8, 4) is 0 Å². The molecule has 0 aromatic carbocycles. The number of aliphatic hydroxyl groups is 3. The molecule has 0 heterocycles. The summed E-state index contributed by atoms with van der Waals surface area (Å²) in [5.74, 6) is -0.141. The lowest BCUT2D eigenvalue weighted by molar-refractivity contribution is -0.124. The first kappa shape index (κ1) is 56.1. The average Bonchev–Trinajstić information content (AvgIpc) is 3.22. The van der Waals surface area contributed by atoms with Crippen LogP contribution in [0.4, 0.5) is 0 Å². The zero-order chi connectivity index (χ0) is 41.5. The maximum absolute atomic E-state index is 12.5. The number of allylic oxidation sites excluding steroid dienone is 2. The Morgan fingerprint density at radius 2 is 0.702 bits per heavy atom. The molecule has 0 aliphatic carbocycles. The molecule has 0 bridgehead atoms. The van der Waals surface area contributed by atoms with Crippen LogP contribution in [0.5, 0.6) is 0 Å². The van der Waals surface area contributed by atoms with E-state index in [1.807, 2.05) is 0 Å². The molecular weight excluding hydrogens is 703 g/mol. The molecule has 5 heteroatoms. The van der Waals surface area contributed by atoms with E-state index in [0.29, 0.717) is 12.8 Å². The van der Waals surface area contributed by atoms with Crippen molar-refractivity contribution in [2.24, 2.45) is 0 Å². The minimum Gasteiger partial charge on any atom is -0.394 e. The molecule has 0 saturated carbocycles. The van der Waals surface area contributed by atoms with E-state index in [9.17, 15) is 20.1 Å². The van der Waals surface area contributed by atoms with Crippen LogP contribution in [-0.4, -0.2) is 46.1 Å². The predicted molar refractivity (Wildman–Crippen MR) is 250 cm³/mol. The SMILES string of the molecule is CCCCCCCCCCCCCC/C=C\CCCCCCCCCCCCCCCCCC(=O)NC(CO)C(O)C(O)CCCCCCCCCCCCCC. The number of nitrogens with one attached hydrogen (secondary N) is 1. The highest BCUT2D eigenvalue weighted by Crippen LogP contribution is 2.17. The van der Waals surface area contributed by atoms with E-state index in [1.165, 1.54) is 225 Å². The van der Waals surface area contributed by atoms with Crippen molar-refractivity contribution in [2.75, 3.05) is 6.61 Å². The summed E-state index contributed by atoms with van der Waals surface area (Å²) in [5, 5.41) is 33.6. The van der Waals surface area contributed by atoms with E-state index in [2.05, 4.69) is 31.3 Å². The van der Waals surface area contributed by atoms with E-state index in [4.69, 9.17) is 0 Å². The fourth-order valence-electron chi connectivity index (χ4n) is 8.34. The summed E-state index contributed by atoms with van der Waals surface area (Å²) in [6.45, 7) is 4.19. The molecule has 0 rings (SSSR count). The second-order valence-corrected chi connectivity index (χ2v) is 18.1. The number of rotatable bonds is 48. The van der Waals surface area contributed by atoms with Crippen molar-refractivity contribution in [1.29, 1.82) is 0 Å². The van der Waals surface area contributed by atoms with Crippen LogP contribution in [0, 0.1) is 0 Å². The van der Waals surface area contributed by atoms with Crippen LogP contribution >= 0.6 is 0 Å². The Balaban J connectivity index is 3.47. The first-order chi connectivity index (χ1) is 28.1. The second-order valence-electron chi connectivity index (χ2n) is 18.1. The van der Waals surface area contributed by atoms with Gasteiger partial charge in [0.15, 0.2) is 0 Å². The fourth-order valence-corrected chi connectivity index (χ4v) is 8.34. The van der Waals surface area contributed by atoms with E-state index >= 15 is 0 Å². The second kappa shape index (κ2) is 47.8. The van der Waals surface area contributed by atoms with Gasteiger partial charge in [-0.05, 0) is 38.5 Å². The Hall–Kier alpha value is -0.910. The normalized spacial score (nSPS) is 13.4. The van der Waals surface area contributed by atoms with Crippen molar-refractivity contribution in [3.63, 3.8) is 0 Å². The molecule has 0 saturated heterocycles. The third kappa shape index (κ3) is 43.0. The number of carbonyl (C=O) groups is 1. The third-order valence-corrected chi connectivity index (χ3v) is 12.4. The van der Waals surface area contributed by atoms with Crippen molar-refractivity contribution in [1.82, 2.24) is 5.32 Å². The highest BCUT2D eigenvalue weighted by Gasteiger charge is 2.26. The molecule has 3 unspecified atom stereocenters. The van der Waals surface area contributed by atoms with Gasteiger partial charge >= 0.3 is 0 Å². The number of hydrogen-bond donors (Lipinski definition) is 4. The molecule has 0 aromatic heterocycles. The standard InChI is InChI=1S/C52H103NO4/c1-3-5-7-9-11-13-15-17-18-19-20-21-22-23-24-25-26-27-28-29-30-31-32-33-34-35-37-39-41-43-45-47-51(56)53-49(48-54)52(57)50(55)46-44-42-40-38-36-16-14-12-10-8-6-4-2/h23-24,49-50,52,54-55,57H,3-22,25-48H2,1-2H3,(H,53,56)/b24-23-. The maximum atomic E-state index is 12.5. The molecule has 3 atom stereocenters. The zero-order valence-corrected chi connectivity index (χ0v) is 38.7. The molecule has 1 amide bonds. The van der Waals surface area contributed by atoms with E-state index in [-0.39, 0.29) is 12.5 Å². The summed E-state index contributed by atoms with van der Waals surface area (Å²) in [4.78, 5) is 12.5. The van der Waals surface area contributed by atoms with Crippen molar-refractivity contribution < 1.29 is 20.1 Å². The van der Waals surface area contributed by atoms with Gasteiger partial charge in [0.1, 0.15) is 6.10 Å². The monoisotopic (exact) mass is 806 g/mol. The smallest absolute Gasteiger partial charge is 0.220 e. The third-order valence-electron chi connectivity index (χ3n) is 12.4. The fraction of sp³-hybridized carbons (Fsp3) is 0.942. The van der Waals surface area contributed by atoms with Gasteiger partial charge in [-0.2, -0.15) is 0 Å². The van der Waals surface area contributed by atoms with Gasteiger partial charge in [0.05, 0.1) is 18.8 Å². The quantitative estimate of drug-likeness (QED) is 0.0364. The number of amides is 1. The number of carbonyl (C=O) groups excluding carboxylic acids is 1. The number of hydrogen-bond acceptors (Lipinski definition) is 4. The molecule has 0 spiro atoms. The summed E-state index contributed by atoms with van der Waals surface area (Å²) < 4.78 is 0. The summed E-state index contributed by atoms with van der Waals surface area (Å²) >= 11 is 0. The van der Waals surface area contributed by atoms with Gasteiger partial charge in [-0.1, -0.05) is 257 Å². The van der Waals surface area contributed by atoms with Gasteiger partial charge in [0.2, 0.25) is 5.91 Å². The Labute approximate surface area is 357 Å². The van der Waals surface area contributed by atoms with Crippen LogP contribution in [0.3, 0.4) is 0 Å². The van der Waals surface area contributed by atoms with Crippen molar-refractivity contribution in [3.05, 3.63) is 12.2 Å². The maximum Gasteiger partial charge on any atom is 0.220 e. The highest BCUT2D eigenvalue weighted by atomic mass is 16.3. The van der Waals surface area contributed by atoms with Crippen LogP contribution in [0.25, 0.3) is 0 Å². The van der Waals surface area contributed by atoms with Gasteiger partial charge < -0.3 is 20.6 Å². The van der Waals surface area contributed by atoms with Crippen LogP contribution in [0.1, 0.15) is 290 Å². The van der Waals surface area contributed by atoms with E-state index in [1.54, 1.807) is 0 Å². The molecule has 5 nitrogen and oxygen atoms in total. The molecule has 0 aliphatic heterocycles. The highest BCUT2D eigenvalue weighted by molar-refractivity contribution is 5.76. The summed E-state index contributed by atoms with van der Waals surface area (Å²) in [6.07, 6.45) is 57.9. The lowest BCUT2D eigenvalue weighted by atomic mass is 9.99. The molecule has 0 aromatic rings. The lowest BCUT2D eigenvalue weighted by Gasteiger charge is -2.26. The Morgan fingerprint density at radius 1 is 0.421 bits per heavy atom. The molecule has 0 fully saturated rings. The van der Waals surface area contributed by atoms with Gasteiger partial charge in [0.25, 0.3) is 0 Å². The largest absolute Gasteiger partial charge is 0.394 e. The Bertz CT molecular complexity index is 803. The molecule has 0 radical (unpaired) electrons. The minimum absolute atomic E-state index is 0.141. The average molecular weight is 806 g/mol. The zero-order valence-electron chi connectivity index (χ0n) is 38.7. The summed E-state index contributed by atoms with van der Waals surface area (Å²) in [6, 6.07) is -0.805. The van der Waals surface area contributed by atoms with Crippen LogP contribution < -0.4 is 5.32 Å². The molecular formula is C52H103NO4. The van der Waals surface area contributed by atoms with Crippen molar-refractivity contribution >= 4 is 5.91 Å². The van der Waals surface area contributed by atoms with Crippen molar-refractivity contribution in [2.45, 2.75) is 308 Å². The molecule has 0 aliphatic rings. The molecule has 4 N–H and O–H groups in total.